The van der Waals surface area contributed by atoms with Crippen LogP contribution in [0.5, 0.6) is 11.5 Å². The molecule has 27 heavy (non-hydrogen) atoms. The molecule has 0 saturated heterocycles. The molecule has 3 aromatic rings. The number of fused-ring (bicyclic) bond motifs is 2. The first-order valence-electron chi connectivity index (χ1n) is 8.42. The molecule has 6 nitrogen and oxygen atoms in total. The number of rotatable bonds is 5. The summed E-state index contributed by atoms with van der Waals surface area (Å²) in [5, 5.41) is 6.44. The molecule has 140 valence electrons. The molecule has 2 heterocycles. The smallest absolute Gasteiger partial charge is 0.240 e. The summed E-state index contributed by atoms with van der Waals surface area (Å²) < 4.78 is 24.7. The van der Waals surface area contributed by atoms with E-state index in [1.165, 1.54) is 23.5 Å². The highest BCUT2D eigenvalue weighted by Gasteiger charge is 2.24. The van der Waals surface area contributed by atoms with Crippen molar-refractivity contribution < 1.29 is 18.7 Å². The number of nitrogens with one attached hydrogen (secondary N) is 2. The van der Waals surface area contributed by atoms with Gasteiger partial charge in [-0.15, -0.1) is 0 Å². The van der Waals surface area contributed by atoms with Crippen molar-refractivity contribution in [2.75, 3.05) is 18.7 Å². The lowest BCUT2D eigenvalue weighted by Gasteiger charge is -2.27. The molecule has 2 N–H and O–H groups in total. The van der Waals surface area contributed by atoms with Crippen molar-refractivity contribution in [1.29, 1.82) is 0 Å². The molecule has 8 heteroatoms. The van der Waals surface area contributed by atoms with E-state index in [0.717, 1.165) is 11.3 Å². The lowest BCUT2D eigenvalue weighted by atomic mass is 9.94. The Labute approximate surface area is 159 Å². The van der Waals surface area contributed by atoms with Crippen LogP contribution in [0.4, 0.5) is 9.52 Å². The van der Waals surface area contributed by atoms with Crippen LogP contribution in [0, 0.1) is 5.82 Å². The number of aromatic nitrogens is 1. The summed E-state index contributed by atoms with van der Waals surface area (Å²) in [6.07, 6.45) is 0. The van der Waals surface area contributed by atoms with Gasteiger partial charge < -0.3 is 14.8 Å². The number of benzene rings is 2. The molecular weight excluding hydrogens is 369 g/mol. The summed E-state index contributed by atoms with van der Waals surface area (Å²) in [5.74, 6) is 0.882. The van der Waals surface area contributed by atoms with Crippen LogP contribution >= 0.6 is 11.3 Å². The fourth-order valence-electron chi connectivity index (χ4n) is 2.80. The maximum absolute atomic E-state index is 13.3. The molecule has 0 aliphatic carbocycles. The Morgan fingerprint density at radius 2 is 2.04 bits per heavy atom. The third-order valence-corrected chi connectivity index (χ3v) is 5.32. The van der Waals surface area contributed by atoms with Gasteiger partial charge >= 0.3 is 0 Å². The van der Waals surface area contributed by atoms with Crippen molar-refractivity contribution in [1.82, 2.24) is 10.3 Å². The van der Waals surface area contributed by atoms with E-state index in [9.17, 15) is 9.18 Å². The minimum atomic E-state index is -0.449. The van der Waals surface area contributed by atoms with Crippen molar-refractivity contribution in [3.8, 4) is 11.5 Å². The maximum atomic E-state index is 13.3. The Morgan fingerprint density at radius 3 is 2.89 bits per heavy atom. The number of amides is 1. The van der Waals surface area contributed by atoms with Crippen molar-refractivity contribution >= 4 is 32.6 Å². The summed E-state index contributed by atoms with van der Waals surface area (Å²) in [7, 11) is 0. The zero-order valence-corrected chi connectivity index (χ0v) is 15.7. The van der Waals surface area contributed by atoms with Gasteiger partial charge in [0.2, 0.25) is 12.7 Å². The Bertz CT molecular complexity index is 1020. The van der Waals surface area contributed by atoms with Crippen LogP contribution in [0.15, 0.2) is 36.4 Å². The Morgan fingerprint density at radius 1 is 1.22 bits per heavy atom. The first-order chi connectivity index (χ1) is 12.9. The molecule has 1 aromatic heterocycles. The number of carbonyl (C=O) groups excluding carboxylic acids is 1. The molecule has 0 fully saturated rings. The van der Waals surface area contributed by atoms with Gasteiger partial charge in [-0.1, -0.05) is 17.4 Å². The van der Waals surface area contributed by atoms with Crippen molar-refractivity contribution in [3.05, 3.63) is 47.8 Å². The summed E-state index contributed by atoms with van der Waals surface area (Å²) in [6, 6.07) is 10.1. The molecule has 4 rings (SSSR count). The average Bonchev–Trinajstić information content (AvgIpc) is 3.25. The van der Waals surface area contributed by atoms with Crippen LogP contribution in [0.3, 0.4) is 0 Å². The largest absolute Gasteiger partial charge is 0.454 e. The number of ether oxygens (including phenoxy) is 2. The van der Waals surface area contributed by atoms with Gasteiger partial charge in [0.1, 0.15) is 5.82 Å². The van der Waals surface area contributed by atoms with Crippen LogP contribution in [0.2, 0.25) is 0 Å². The standard InChI is InChI=1S/C19H18FN3O3S/c1-19(2,11-3-6-14-15(7-11)26-10-25-14)21-9-17(24)23-18-22-13-5-4-12(20)8-16(13)27-18/h3-8,21H,9-10H2,1-2H3,(H,22,23,24). The number of carbonyl (C=O) groups is 1. The predicted octanol–water partition coefficient (Wildman–Crippen LogP) is 3.63. The van der Waals surface area contributed by atoms with E-state index in [1.54, 1.807) is 6.07 Å². The molecule has 0 radical (unpaired) electrons. The molecule has 1 aliphatic rings. The molecule has 0 bridgehead atoms. The van der Waals surface area contributed by atoms with Crippen molar-refractivity contribution in [3.63, 3.8) is 0 Å². The van der Waals surface area contributed by atoms with Crippen LogP contribution in [0.1, 0.15) is 19.4 Å². The second kappa shape index (κ2) is 6.79. The summed E-state index contributed by atoms with van der Waals surface area (Å²) in [5.41, 5.74) is 1.19. The molecule has 1 aliphatic heterocycles. The molecular formula is C19H18FN3O3S. The van der Waals surface area contributed by atoms with Gasteiger partial charge in [0.05, 0.1) is 16.8 Å². The van der Waals surface area contributed by atoms with Crippen LogP contribution < -0.4 is 20.1 Å². The van der Waals surface area contributed by atoms with Gasteiger partial charge in [0.15, 0.2) is 16.6 Å². The van der Waals surface area contributed by atoms with Gasteiger partial charge in [-0.3, -0.25) is 10.1 Å². The van der Waals surface area contributed by atoms with Gasteiger partial charge in [-0.05, 0) is 49.7 Å². The molecule has 0 atom stereocenters. The third kappa shape index (κ3) is 3.72. The molecule has 0 spiro atoms. The van der Waals surface area contributed by atoms with E-state index < -0.39 is 5.54 Å². The number of hydrogen-bond acceptors (Lipinski definition) is 6. The lowest BCUT2D eigenvalue weighted by Crippen LogP contribution is -2.41. The highest BCUT2D eigenvalue weighted by molar-refractivity contribution is 7.22. The van der Waals surface area contributed by atoms with Gasteiger partial charge in [-0.2, -0.15) is 0 Å². The monoisotopic (exact) mass is 387 g/mol. The van der Waals surface area contributed by atoms with Gasteiger partial charge in [0, 0.05) is 5.54 Å². The minimum absolute atomic E-state index is 0.103. The SMILES string of the molecule is CC(C)(NCC(=O)Nc1nc2ccc(F)cc2s1)c1ccc2c(c1)OCO2. The summed E-state index contributed by atoms with van der Waals surface area (Å²) in [6.45, 7) is 4.30. The Kier molecular flexibility index (Phi) is 4.45. The van der Waals surface area contributed by atoms with E-state index in [1.807, 2.05) is 32.0 Å². The van der Waals surface area contributed by atoms with Gasteiger partial charge in [0.25, 0.3) is 0 Å². The zero-order chi connectivity index (χ0) is 19.0. The summed E-state index contributed by atoms with van der Waals surface area (Å²) >= 11 is 1.24. The second-order valence-electron chi connectivity index (χ2n) is 6.73. The highest BCUT2D eigenvalue weighted by atomic mass is 32.1. The van der Waals surface area contributed by atoms with E-state index in [4.69, 9.17) is 9.47 Å². The molecule has 2 aromatic carbocycles. The van der Waals surface area contributed by atoms with Crippen molar-refractivity contribution in [2.24, 2.45) is 0 Å². The number of thiazole rings is 1. The van der Waals surface area contributed by atoms with E-state index in [2.05, 4.69) is 15.6 Å². The van der Waals surface area contributed by atoms with Gasteiger partial charge in [-0.25, -0.2) is 9.37 Å². The predicted molar refractivity (Wildman–Crippen MR) is 102 cm³/mol. The topological polar surface area (TPSA) is 72.5 Å². The first kappa shape index (κ1) is 17.7. The molecule has 0 unspecified atom stereocenters. The molecule has 0 saturated carbocycles. The van der Waals surface area contributed by atoms with Crippen LogP contribution in [0.25, 0.3) is 10.2 Å². The van der Waals surface area contributed by atoms with Crippen LogP contribution in [-0.4, -0.2) is 24.2 Å². The minimum Gasteiger partial charge on any atom is -0.454 e. The third-order valence-electron chi connectivity index (χ3n) is 4.38. The zero-order valence-electron chi connectivity index (χ0n) is 14.8. The number of hydrogen-bond donors (Lipinski definition) is 2. The average molecular weight is 387 g/mol. The fraction of sp³-hybridized carbons (Fsp3) is 0.263. The normalized spacial score (nSPS) is 13.1. The number of halogens is 1. The number of anilines is 1. The molecule has 1 amide bonds. The first-order valence-corrected chi connectivity index (χ1v) is 9.23. The van der Waals surface area contributed by atoms with Crippen molar-refractivity contribution in [2.45, 2.75) is 19.4 Å². The highest BCUT2D eigenvalue weighted by Crippen LogP contribution is 2.35. The number of nitrogens with zero attached hydrogens (tertiary/aromatic N) is 1. The van der Waals surface area contributed by atoms with E-state index in [-0.39, 0.29) is 25.1 Å². The van der Waals surface area contributed by atoms with E-state index >= 15 is 0 Å². The fourth-order valence-corrected chi connectivity index (χ4v) is 3.71. The Balaban J connectivity index is 1.40. The lowest BCUT2D eigenvalue weighted by molar-refractivity contribution is -0.115. The Hall–Kier alpha value is -2.71. The summed E-state index contributed by atoms with van der Waals surface area (Å²) in [4.78, 5) is 16.6. The quantitative estimate of drug-likeness (QED) is 0.700. The second-order valence-corrected chi connectivity index (χ2v) is 7.76. The maximum Gasteiger partial charge on any atom is 0.240 e. The van der Waals surface area contributed by atoms with E-state index in [0.29, 0.717) is 21.1 Å². The van der Waals surface area contributed by atoms with Crippen LogP contribution in [-0.2, 0) is 10.3 Å².